The van der Waals surface area contributed by atoms with Crippen LogP contribution in [0.25, 0.3) is 22.9 Å². The summed E-state index contributed by atoms with van der Waals surface area (Å²) in [6.45, 7) is 0. The van der Waals surface area contributed by atoms with Crippen molar-refractivity contribution in [2.45, 2.75) is 0 Å². The summed E-state index contributed by atoms with van der Waals surface area (Å²) in [5.74, 6) is -0.0578. The monoisotopic (exact) mass is 343 g/mol. The Kier molecular flexibility index (Phi) is 3.58. The van der Waals surface area contributed by atoms with E-state index in [4.69, 9.17) is 4.42 Å². The molecule has 1 aromatic heterocycles. The van der Waals surface area contributed by atoms with Crippen LogP contribution in [-0.4, -0.2) is 10.1 Å². The number of hydrogen-bond donors (Lipinski definition) is 1. The minimum Gasteiger partial charge on any atom is -0.507 e. The summed E-state index contributed by atoms with van der Waals surface area (Å²) in [5.41, 5.74) is 1.02. The predicted molar refractivity (Wildman–Crippen MR) is 84.9 cm³/mol. The third-order valence-corrected chi connectivity index (χ3v) is 3.63. The molecule has 104 valence electrons. The molecule has 0 aliphatic heterocycles. The molecule has 0 aliphatic carbocycles. The van der Waals surface area contributed by atoms with Gasteiger partial charge in [-0.25, -0.2) is 9.78 Å². The van der Waals surface area contributed by atoms with Gasteiger partial charge in [-0.1, -0.05) is 46.3 Å². The summed E-state index contributed by atoms with van der Waals surface area (Å²) < 4.78 is 5.90. The molecule has 0 amide bonds. The van der Waals surface area contributed by atoms with Gasteiger partial charge in [-0.15, -0.1) is 0 Å². The maximum absolute atomic E-state index is 11.9. The van der Waals surface area contributed by atoms with Crippen molar-refractivity contribution in [3.8, 4) is 0 Å². The molecule has 0 atom stereocenters. The molecule has 3 rings (SSSR count). The summed E-state index contributed by atoms with van der Waals surface area (Å²) in [6.07, 6.45) is 1.30. The van der Waals surface area contributed by atoms with Gasteiger partial charge in [-0.05, 0) is 18.2 Å². The Balaban J connectivity index is 2.13. The van der Waals surface area contributed by atoms with E-state index >= 15 is 0 Å². The topological polar surface area (TPSA) is 63.3 Å². The number of fused-ring (bicyclic) bond motifs is 1. The molecule has 0 saturated heterocycles. The Labute approximate surface area is 128 Å². The highest BCUT2D eigenvalue weighted by molar-refractivity contribution is 9.10. The van der Waals surface area contributed by atoms with Crippen molar-refractivity contribution in [1.82, 2.24) is 4.98 Å². The van der Waals surface area contributed by atoms with Crippen LogP contribution in [0, 0.1) is 0 Å². The second kappa shape index (κ2) is 5.54. The second-order valence-electron chi connectivity index (χ2n) is 4.36. The van der Waals surface area contributed by atoms with Gasteiger partial charge < -0.3 is 9.52 Å². The minimum atomic E-state index is -0.590. The second-order valence-corrected chi connectivity index (χ2v) is 5.22. The SMILES string of the molecule is O=c1oc2ccccc2nc1/C=C(\O)c1ccccc1Br. The van der Waals surface area contributed by atoms with Crippen molar-refractivity contribution >= 4 is 38.9 Å². The molecular formula is C16H10BrNO3. The number of aliphatic hydroxyl groups excluding tert-OH is 1. The Morgan fingerprint density at radius 1 is 1.14 bits per heavy atom. The van der Waals surface area contributed by atoms with Gasteiger partial charge in [0.05, 0.1) is 0 Å². The normalized spacial score (nSPS) is 11.8. The molecule has 0 radical (unpaired) electrons. The van der Waals surface area contributed by atoms with E-state index in [0.717, 1.165) is 4.47 Å². The third kappa shape index (κ3) is 2.73. The number of rotatable bonds is 2. The smallest absolute Gasteiger partial charge is 0.362 e. The Morgan fingerprint density at radius 3 is 2.67 bits per heavy atom. The molecule has 21 heavy (non-hydrogen) atoms. The first-order valence-corrected chi connectivity index (χ1v) is 7.00. The number of nitrogens with zero attached hydrogens (tertiary/aromatic N) is 1. The number of hydrogen-bond acceptors (Lipinski definition) is 4. The van der Waals surface area contributed by atoms with E-state index in [9.17, 15) is 9.90 Å². The third-order valence-electron chi connectivity index (χ3n) is 2.94. The van der Waals surface area contributed by atoms with Crippen molar-refractivity contribution in [2.24, 2.45) is 0 Å². The standard InChI is InChI=1S/C16H10BrNO3/c17-11-6-2-1-5-10(11)14(19)9-13-16(20)21-15-8-4-3-7-12(15)18-13/h1-9,19H/b14-9-. The van der Waals surface area contributed by atoms with Crippen molar-refractivity contribution in [3.05, 3.63) is 74.7 Å². The van der Waals surface area contributed by atoms with Crippen LogP contribution < -0.4 is 5.63 Å². The van der Waals surface area contributed by atoms with Crippen LogP contribution in [0.4, 0.5) is 0 Å². The fraction of sp³-hybridized carbons (Fsp3) is 0. The van der Waals surface area contributed by atoms with Crippen molar-refractivity contribution in [1.29, 1.82) is 0 Å². The van der Waals surface area contributed by atoms with Crippen LogP contribution in [0.3, 0.4) is 0 Å². The molecule has 5 heteroatoms. The molecule has 0 saturated carbocycles. The average Bonchev–Trinajstić information content (AvgIpc) is 2.48. The molecule has 0 aliphatic rings. The quantitative estimate of drug-likeness (QED) is 0.714. The van der Waals surface area contributed by atoms with Crippen LogP contribution in [0.5, 0.6) is 0 Å². The first-order chi connectivity index (χ1) is 10.1. The molecule has 4 nitrogen and oxygen atoms in total. The summed E-state index contributed by atoms with van der Waals surface area (Å²) in [4.78, 5) is 16.1. The van der Waals surface area contributed by atoms with E-state index in [1.807, 2.05) is 6.07 Å². The van der Waals surface area contributed by atoms with Crippen LogP contribution in [0.1, 0.15) is 11.3 Å². The highest BCUT2D eigenvalue weighted by Gasteiger charge is 2.08. The van der Waals surface area contributed by atoms with Crippen LogP contribution >= 0.6 is 15.9 Å². The summed E-state index contributed by atoms with van der Waals surface area (Å²) in [6, 6.07) is 14.1. The molecule has 1 heterocycles. The zero-order valence-electron chi connectivity index (χ0n) is 10.8. The highest BCUT2D eigenvalue weighted by Crippen LogP contribution is 2.23. The van der Waals surface area contributed by atoms with Crippen molar-refractivity contribution in [2.75, 3.05) is 0 Å². The van der Waals surface area contributed by atoms with E-state index in [2.05, 4.69) is 20.9 Å². The van der Waals surface area contributed by atoms with Gasteiger partial charge in [0, 0.05) is 16.1 Å². The van der Waals surface area contributed by atoms with Crippen LogP contribution in [0.15, 0.2) is 62.2 Å². The lowest BCUT2D eigenvalue weighted by Gasteiger charge is -2.03. The Bertz CT molecular complexity index is 899. The Morgan fingerprint density at radius 2 is 1.86 bits per heavy atom. The van der Waals surface area contributed by atoms with E-state index in [-0.39, 0.29) is 11.5 Å². The fourth-order valence-electron chi connectivity index (χ4n) is 1.93. The van der Waals surface area contributed by atoms with E-state index in [1.165, 1.54) is 6.08 Å². The van der Waals surface area contributed by atoms with Gasteiger partial charge in [0.15, 0.2) is 11.3 Å². The first-order valence-electron chi connectivity index (χ1n) is 6.20. The number of para-hydroxylation sites is 2. The van der Waals surface area contributed by atoms with E-state index in [0.29, 0.717) is 16.7 Å². The molecule has 0 unspecified atom stereocenters. The largest absolute Gasteiger partial charge is 0.507 e. The van der Waals surface area contributed by atoms with Crippen molar-refractivity contribution < 1.29 is 9.52 Å². The first kappa shape index (κ1) is 13.6. The molecule has 3 aromatic rings. The maximum atomic E-state index is 11.9. The van der Waals surface area contributed by atoms with Crippen molar-refractivity contribution in [3.63, 3.8) is 0 Å². The molecule has 1 N–H and O–H groups in total. The minimum absolute atomic E-state index is 0.0574. The molecule has 0 bridgehead atoms. The lowest BCUT2D eigenvalue weighted by molar-refractivity contribution is 0.513. The lowest BCUT2D eigenvalue weighted by atomic mass is 10.1. The lowest BCUT2D eigenvalue weighted by Crippen LogP contribution is -2.06. The van der Waals surface area contributed by atoms with Crippen LogP contribution in [-0.2, 0) is 0 Å². The van der Waals surface area contributed by atoms with Gasteiger partial charge in [0.2, 0.25) is 0 Å². The zero-order chi connectivity index (χ0) is 14.8. The van der Waals surface area contributed by atoms with Gasteiger partial charge in [-0.3, -0.25) is 0 Å². The van der Waals surface area contributed by atoms with Gasteiger partial charge in [-0.2, -0.15) is 0 Å². The average molecular weight is 344 g/mol. The molecule has 0 spiro atoms. The summed E-state index contributed by atoms with van der Waals surface area (Å²) in [7, 11) is 0. The highest BCUT2D eigenvalue weighted by atomic mass is 79.9. The van der Waals surface area contributed by atoms with Gasteiger partial charge >= 0.3 is 5.63 Å². The summed E-state index contributed by atoms with van der Waals surface area (Å²) >= 11 is 3.35. The van der Waals surface area contributed by atoms with Crippen LogP contribution in [0.2, 0.25) is 0 Å². The number of aliphatic hydroxyl groups is 1. The fourth-order valence-corrected chi connectivity index (χ4v) is 2.42. The number of benzene rings is 2. The molecular weight excluding hydrogens is 334 g/mol. The summed E-state index contributed by atoms with van der Waals surface area (Å²) in [5, 5.41) is 10.2. The van der Waals surface area contributed by atoms with E-state index in [1.54, 1.807) is 42.5 Å². The molecule has 2 aromatic carbocycles. The van der Waals surface area contributed by atoms with E-state index < -0.39 is 5.63 Å². The zero-order valence-corrected chi connectivity index (χ0v) is 12.4. The number of aromatic nitrogens is 1. The number of halogens is 1. The predicted octanol–water partition coefficient (Wildman–Crippen LogP) is 4.01. The Hall–Kier alpha value is -2.40. The van der Waals surface area contributed by atoms with Gasteiger partial charge in [0.1, 0.15) is 11.3 Å². The molecule has 0 fully saturated rings. The van der Waals surface area contributed by atoms with Gasteiger partial charge in [0.25, 0.3) is 0 Å². The maximum Gasteiger partial charge on any atom is 0.362 e.